The van der Waals surface area contributed by atoms with E-state index in [1.54, 1.807) is 6.20 Å². The summed E-state index contributed by atoms with van der Waals surface area (Å²) in [5, 5.41) is 11.6. The fourth-order valence-electron chi connectivity index (χ4n) is 3.31. The van der Waals surface area contributed by atoms with Gasteiger partial charge in [-0.05, 0) is 54.3 Å². The maximum absolute atomic E-state index is 12.6. The SMILES string of the molecule is CCn1nccc1C(C)NC(=O)c1cc(COc2ccc3ccccc3c2)cs1. The van der Waals surface area contributed by atoms with Gasteiger partial charge in [-0.1, -0.05) is 30.3 Å². The molecule has 0 aliphatic heterocycles. The van der Waals surface area contributed by atoms with Crippen molar-refractivity contribution in [1.29, 1.82) is 0 Å². The van der Waals surface area contributed by atoms with E-state index in [1.807, 2.05) is 60.3 Å². The van der Waals surface area contributed by atoms with Gasteiger partial charge in [0.1, 0.15) is 12.4 Å². The number of fused-ring (bicyclic) bond motifs is 1. The highest BCUT2D eigenvalue weighted by atomic mass is 32.1. The number of carbonyl (C=O) groups excluding carboxylic acids is 1. The number of rotatable bonds is 7. The van der Waals surface area contributed by atoms with Gasteiger partial charge in [-0.2, -0.15) is 5.10 Å². The quantitative estimate of drug-likeness (QED) is 0.460. The van der Waals surface area contributed by atoms with Crippen LogP contribution in [-0.4, -0.2) is 15.7 Å². The lowest BCUT2D eigenvalue weighted by molar-refractivity contribution is 0.0942. The van der Waals surface area contributed by atoms with Gasteiger partial charge in [0.05, 0.1) is 16.6 Å². The van der Waals surface area contributed by atoms with Gasteiger partial charge in [0.2, 0.25) is 0 Å². The highest BCUT2D eigenvalue weighted by Crippen LogP contribution is 2.23. The molecule has 0 aliphatic rings. The van der Waals surface area contributed by atoms with Gasteiger partial charge in [-0.25, -0.2) is 0 Å². The summed E-state index contributed by atoms with van der Waals surface area (Å²) in [5.74, 6) is 0.741. The first-order valence-electron chi connectivity index (χ1n) is 9.65. The van der Waals surface area contributed by atoms with Crippen LogP contribution in [0.3, 0.4) is 0 Å². The third-order valence-electron chi connectivity index (χ3n) is 4.84. The molecule has 1 N–H and O–H groups in total. The first kappa shape index (κ1) is 19.2. The molecule has 0 radical (unpaired) electrons. The van der Waals surface area contributed by atoms with Crippen molar-refractivity contribution < 1.29 is 9.53 Å². The largest absolute Gasteiger partial charge is 0.489 e. The Bertz CT molecular complexity index is 1130. The lowest BCUT2D eigenvalue weighted by atomic mass is 10.1. The highest BCUT2D eigenvalue weighted by Gasteiger charge is 2.16. The van der Waals surface area contributed by atoms with Crippen molar-refractivity contribution in [3.8, 4) is 5.75 Å². The number of hydrogen-bond donors (Lipinski definition) is 1. The summed E-state index contributed by atoms with van der Waals surface area (Å²) >= 11 is 1.43. The highest BCUT2D eigenvalue weighted by molar-refractivity contribution is 7.12. The fraction of sp³-hybridized carbons (Fsp3) is 0.217. The second-order valence-corrected chi connectivity index (χ2v) is 7.80. The molecule has 1 unspecified atom stereocenters. The molecule has 1 atom stereocenters. The molecule has 5 nitrogen and oxygen atoms in total. The number of aryl methyl sites for hydroxylation is 1. The Morgan fingerprint density at radius 2 is 2.00 bits per heavy atom. The standard InChI is InChI=1S/C23H23N3O2S/c1-3-26-21(10-11-24-26)16(2)25-23(27)22-12-17(15-29-22)14-28-20-9-8-18-6-4-5-7-19(18)13-20/h4-13,15-16H,3,14H2,1-2H3,(H,25,27). The summed E-state index contributed by atoms with van der Waals surface area (Å²) in [7, 11) is 0. The lowest BCUT2D eigenvalue weighted by Crippen LogP contribution is -2.27. The molecular weight excluding hydrogens is 382 g/mol. The third-order valence-corrected chi connectivity index (χ3v) is 5.82. The summed E-state index contributed by atoms with van der Waals surface area (Å²) in [6.07, 6.45) is 1.76. The monoisotopic (exact) mass is 405 g/mol. The van der Waals surface area contributed by atoms with Crippen molar-refractivity contribution in [2.24, 2.45) is 0 Å². The van der Waals surface area contributed by atoms with E-state index in [0.29, 0.717) is 11.5 Å². The normalized spacial score (nSPS) is 12.1. The Morgan fingerprint density at radius 1 is 1.17 bits per heavy atom. The van der Waals surface area contributed by atoms with Crippen LogP contribution in [-0.2, 0) is 13.2 Å². The first-order valence-corrected chi connectivity index (χ1v) is 10.5. The zero-order chi connectivity index (χ0) is 20.2. The van der Waals surface area contributed by atoms with Crippen molar-refractivity contribution in [2.75, 3.05) is 0 Å². The number of carbonyl (C=O) groups is 1. The summed E-state index contributed by atoms with van der Waals surface area (Å²) < 4.78 is 7.82. The molecule has 4 aromatic rings. The average Bonchev–Trinajstić information content (AvgIpc) is 3.41. The number of benzene rings is 2. The number of aromatic nitrogens is 2. The van der Waals surface area contributed by atoms with Gasteiger partial charge >= 0.3 is 0 Å². The molecule has 0 saturated carbocycles. The Labute approximate surface area is 173 Å². The molecule has 148 valence electrons. The minimum Gasteiger partial charge on any atom is -0.489 e. The lowest BCUT2D eigenvalue weighted by Gasteiger charge is -2.14. The smallest absolute Gasteiger partial charge is 0.261 e. The topological polar surface area (TPSA) is 56.2 Å². The minimum absolute atomic E-state index is 0.0803. The Hall–Kier alpha value is -3.12. The molecular formula is C23H23N3O2S. The van der Waals surface area contributed by atoms with Crippen molar-refractivity contribution in [3.63, 3.8) is 0 Å². The molecule has 4 rings (SSSR count). The summed E-state index contributed by atoms with van der Waals surface area (Å²) in [4.78, 5) is 13.3. The van der Waals surface area contributed by atoms with Gasteiger partial charge in [-0.15, -0.1) is 11.3 Å². The summed E-state index contributed by atoms with van der Waals surface area (Å²) in [6, 6.07) is 18.0. The molecule has 2 aromatic heterocycles. The van der Waals surface area contributed by atoms with E-state index < -0.39 is 0 Å². The van der Waals surface area contributed by atoms with Gasteiger partial charge in [0, 0.05) is 18.3 Å². The zero-order valence-electron chi connectivity index (χ0n) is 16.5. The van der Waals surface area contributed by atoms with E-state index in [4.69, 9.17) is 4.74 Å². The number of hydrogen-bond acceptors (Lipinski definition) is 4. The van der Waals surface area contributed by atoms with Gasteiger partial charge < -0.3 is 10.1 Å². The van der Waals surface area contributed by atoms with Crippen molar-refractivity contribution >= 4 is 28.0 Å². The Morgan fingerprint density at radius 3 is 2.83 bits per heavy atom. The molecule has 0 bridgehead atoms. The number of nitrogens with one attached hydrogen (secondary N) is 1. The van der Waals surface area contributed by atoms with Crippen LogP contribution in [0, 0.1) is 0 Å². The molecule has 1 amide bonds. The van der Waals surface area contributed by atoms with Crippen LogP contribution < -0.4 is 10.1 Å². The number of ether oxygens (including phenoxy) is 1. The van der Waals surface area contributed by atoms with Crippen molar-refractivity contribution in [1.82, 2.24) is 15.1 Å². The third kappa shape index (κ3) is 4.32. The molecule has 0 fully saturated rings. The number of thiophene rings is 1. The molecule has 0 spiro atoms. The van der Waals surface area contributed by atoms with Crippen LogP contribution in [0.15, 0.2) is 66.2 Å². The fourth-order valence-corrected chi connectivity index (χ4v) is 4.11. The Kier molecular flexibility index (Phi) is 5.62. The maximum Gasteiger partial charge on any atom is 0.261 e. The summed E-state index contributed by atoms with van der Waals surface area (Å²) in [5.41, 5.74) is 1.98. The second kappa shape index (κ2) is 8.49. The Balaban J connectivity index is 1.37. The van der Waals surface area contributed by atoms with Crippen LogP contribution in [0.4, 0.5) is 0 Å². The minimum atomic E-state index is -0.107. The van der Waals surface area contributed by atoms with Crippen molar-refractivity contribution in [3.05, 3.63) is 82.3 Å². The van der Waals surface area contributed by atoms with Crippen LogP contribution in [0.5, 0.6) is 5.75 Å². The van der Waals surface area contributed by atoms with E-state index >= 15 is 0 Å². The van der Waals surface area contributed by atoms with Crippen LogP contribution in [0.25, 0.3) is 10.8 Å². The number of amides is 1. The summed E-state index contributed by atoms with van der Waals surface area (Å²) in [6.45, 7) is 5.21. The molecule has 2 aromatic carbocycles. The first-order chi connectivity index (χ1) is 14.1. The maximum atomic E-state index is 12.6. The molecule has 2 heterocycles. The van der Waals surface area contributed by atoms with E-state index in [9.17, 15) is 4.79 Å². The van der Waals surface area contributed by atoms with Crippen LogP contribution >= 0.6 is 11.3 Å². The van der Waals surface area contributed by atoms with E-state index in [2.05, 4.69) is 28.6 Å². The molecule has 29 heavy (non-hydrogen) atoms. The molecule has 0 aliphatic carbocycles. The predicted molar refractivity (Wildman–Crippen MR) is 116 cm³/mol. The van der Waals surface area contributed by atoms with E-state index in [1.165, 1.54) is 16.7 Å². The van der Waals surface area contributed by atoms with Crippen LogP contribution in [0.1, 0.15) is 40.8 Å². The zero-order valence-corrected chi connectivity index (χ0v) is 17.3. The number of nitrogens with zero attached hydrogens (tertiary/aromatic N) is 2. The average molecular weight is 406 g/mol. The van der Waals surface area contributed by atoms with E-state index in [0.717, 1.165) is 28.9 Å². The van der Waals surface area contributed by atoms with Gasteiger partial charge in [-0.3, -0.25) is 9.48 Å². The van der Waals surface area contributed by atoms with Gasteiger partial charge in [0.15, 0.2) is 0 Å². The second-order valence-electron chi connectivity index (χ2n) is 6.88. The van der Waals surface area contributed by atoms with Crippen molar-refractivity contribution in [2.45, 2.75) is 33.0 Å². The van der Waals surface area contributed by atoms with E-state index in [-0.39, 0.29) is 11.9 Å². The molecule has 0 saturated heterocycles. The van der Waals surface area contributed by atoms with Crippen LogP contribution in [0.2, 0.25) is 0 Å². The van der Waals surface area contributed by atoms with Gasteiger partial charge in [0.25, 0.3) is 5.91 Å². The predicted octanol–water partition coefficient (Wildman–Crippen LogP) is 5.19. The molecule has 6 heteroatoms.